The lowest BCUT2D eigenvalue weighted by Gasteiger charge is -2.35. The van der Waals surface area contributed by atoms with Crippen LogP contribution in [0.1, 0.15) is 80.7 Å². The van der Waals surface area contributed by atoms with Crippen LogP contribution in [0.3, 0.4) is 0 Å². The molecule has 1 aliphatic carbocycles. The van der Waals surface area contributed by atoms with E-state index in [1.807, 2.05) is 80.3 Å². The van der Waals surface area contributed by atoms with Gasteiger partial charge in [-0.2, -0.15) is 17.5 Å². The molecule has 56 heavy (non-hydrogen) atoms. The summed E-state index contributed by atoms with van der Waals surface area (Å²) in [5.41, 5.74) is 5.11. The van der Waals surface area contributed by atoms with Gasteiger partial charge >= 0.3 is 12.3 Å². The molecule has 7 nitrogen and oxygen atoms in total. The third-order valence-electron chi connectivity index (χ3n) is 9.92. The SMILES string of the molecule is CC(C)(C)OC(=O)N(Cc1ccc(-c2ccc(CN(Cc3cccnc3)S(=O)(=O)Cc3ccc(-c4ccc(C(F)(F)F)cc4)cc3)cc2)cc1)C1CCCCC1. The lowest BCUT2D eigenvalue weighted by molar-refractivity contribution is -0.137. The van der Waals surface area contributed by atoms with Crippen LogP contribution < -0.4 is 0 Å². The molecule has 0 saturated heterocycles. The van der Waals surface area contributed by atoms with Crippen LogP contribution in [0.4, 0.5) is 18.0 Å². The average molecular weight is 784 g/mol. The predicted molar refractivity (Wildman–Crippen MR) is 214 cm³/mol. The number of hydrogen-bond donors (Lipinski definition) is 0. The van der Waals surface area contributed by atoms with Crippen LogP contribution in [0.5, 0.6) is 0 Å². The predicted octanol–water partition coefficient (Wildman–Crippen LogP) is 11.0. The molecule has 5 aromatic rings. The summed E-state index contributed by atoms with van der Waals surface area (Å²) in [6, 6.07) is 31.5. The summed E-state index contributed by atoms with van der Waals surface area (Å²) in [7, 11) is -3.83. The number of alkyl halides is 3. The number of rotatable bonds is 12. The fraction of sp³-hybridized carbons (Fsp3) is 0.333. The number of nitrogens with zero attached hydrogens (tertiary/aromatic N) is 3. The second kappa shape index (κ2) is 17.4. The van der Waals surface area contributed by atoms with Crippen LogP contribution in [-0.4, -0.2) is 40.3 Å². The van der Waals surface area contributed by atoms with Gasteiger partial charge in [0.05, 0.1) is 11.3 Å². The maximum absolute atomic E-state index is 14.0. The van der Waals surface area contributed by atoms with Gasteiger partial charge in [-0.1, -0.05) is 110 Å². The number of hydrogen-bond acceptors (Lipinski definition) is 5. The van der Waals surface area contributed by atoms with Gasteiger partial charge < -0.3 is 9.64 Å². The highest BCUT2D eigenvalue weighted by Gasteiger charge is 2.31. The number of ether oxygens (including phenoxy) is 1. The number of benzene rings is 4. The summed E-state index contributed by atoms with van der Waals surface area (Å²) in [6.45, 7) is 6.41. The monoisotopic (exact) mass is 783 g/mol. The first-order chi connectivity index (χ1) is 26.6. The minimum atomic E-state index is -4.42. The molecule has 4 aromatic carbocycles. The Morgan fingerprint density at radius 3 is 1.64 bits per heavy atom. The molecular formula is C45H48F3N3O4S. The van der Waals surface area contributed by atoms with Crippen LogP contribution in [0.25, 0.3) is 22.3 Å². The lowest BCUT2D eigenvalue weighted by Crippen LogP contribution is -2.43. The van der Waals surface area contributed by atoms with Gasteiger partial charge in [-0.05, 0) is 96.3 Å². The fourth-order valence-corrected chi connectivity index (χ4v) is 8.44. The zero-order chi connectivity index (χ0) is 39.9. The van der Waals surface area contributed by atoms with Crippen LogP contribution >= 0.6 is 0 Å². The normalized spacial score (nSPS) is 14.1. The average Bonchev–Trinajstić information content (AvgIpc) is 3.17. The second-order valence-electron chi connectivity index (χ2n) is 15.5. The van der Waals surface area contributed by atoms with Gasteiger partial charge in [0.1, 0.15) is 5.60 Å². The lowest BCUT2D eigenvalue weighted by atomic mass is 9.94. The van der Waals surface area contributed by atoms with Crippen molar-refractivity contribution in [3.8, 4) is 22.3 Å². The molecule has 294 valence electrons. The number of carbonyl (C=O) groups excluding carboxylic acids is 1. The molecule has 1 heterocycles. The van der Waals surface area contributed by atoms with Crippen molar-refractivity contribution >= 4 is 16.1 Å². The smallest absolute Gasteiger partial charge is 0.416 e. The van der Waals surface area contributed by atoms with E-state index in [9.17, 15) is 26.4 Å². The van der Waals surface area contributed by atoms with Crippen LogP contribution in [0.2, 0.25) is 0 Å². The Balaban J connectivity index is 1.14. The summed E-state index contributed by atoms with van der Waals surface area (Å²) in [4.78, 5) is 19.3. The van der Waals surface area contributed by atoms with E-state index in [1.165, 1.54) is 22.9 Å². The van der Waals surface area contributed by atoms with Gasteiger partial charge in [-0.15, -0.1) is 0 Å². The minimum absolute atomic E-state index is 0.129. The van der Waals surface area contributed by atoms with E-state index < -0.39 is 27.4 Å². The van der Waals surface area contributed by atoms with Crippen molar-refractivity contribution < 1.29 is 31.1 Å². The van der Waals surface area contributed by atoms with Gasteiger partial charge in [0.25, 0.3) is 0 Å². The molecule has 1 aliphatic rings. The summed E-state index contributed by atoms with van der Waals surface area (Å²) in [5.74, 6) is -0.253. The standard InChI is InChI=1S/C45H48F3N3O4S/c1-44(2,3)55-43(52)51(42-9-5-4-6-10-42)31-34-13-19-38(20-14-34)37-17-11-33(12-18-37)29-50(30-36-8-7-27-49-28-36)56(53,54)32-35-15-21-39(22-16-35)40-23-25-41(26-24-40)45(46,47)48/h7-8,11-28,42H,4-6,9-10,29-32H2,1-3H3. The zero-order valence-corrected chi connectivity index (χ0v) is 32.8. The summed E-state index contributed by atoms with van der Waals surface area (Å²) in [6.07, 6.45) is 3.95. The zero-order valence-electron chi connectivity index (χ0n) is 32.0. The second-order valence-corrected chi connectivity index (χ2v) is 17.4. The summed E-state index contributed by atoms with van der Waals surface area (Å²) < 4.78 is 74.3. The highest BCUT2D eigenvalue weighted by atomic mass is 32.2. The third kappa shape index (κ3) is 11.1. The highest BCUT2D eigenvalue weighted by Crippen LogP contribution is 2.32. The third-order valence-corrected chi connectivity index (χ3v) is 11.7. The van der Waals surface area contributed by atoms with Gasteiger partial charge in [0, 0.05) is 38.1 Å². The van der Waals surface area contributed by atoms with E-state index in [1.54, 1.807) is 42.7 Å². The quantitative estimate of drug-likeness (QED) is 0.126. The van der Waals surface area contributed by atoms with E-state index in [0.29, 0.717) is 23.2 Å². The van der Waals surface area contributed by atoms with Gasteiger partial charge in [-0.3, -0.25) is 4.98 Å². The molecule has 0 radical (unpaired) electrons. The summed E-state index contributed by atoms with van der Waals surface area (Å²) >= 11 is 0. The molecule has 6 rings (SSSR count). The molecule has 1 fully saturated rings. The molecule has 0 bridgehead atoms. The molecular weight excluding hydrogens is 736 g/mol. The molecule has 11 heteroatoms. The molecule has 1 saturated carbocycles. The number of sulfonamides is 1. The Labute approximate surface area is 328 Å². The first-order valence-electron chi connectivity index (χ1n) is 18.9. The number of carbonyl (C=O) groups is 1. The van der Waals surface area contributed by atoms with Crippen LogP contribution in [0, 0.1) is 0 Å². The largest absolute Gasteiger partial charge is 0.444 e. The number of aromatic nitrogens is 1. The number of halogens is 3. The van der Waals surface area contributed by atoms with Crippen molar-refractivity contribution in [2.24, 2.45) is 0 Å². The van der Waals surface area contributed by atoms with E-state index >= 15 is 0 Å². The molecule has 0 aliphatic heterocycles. The van der Waals surface area contributed by atoms with Gasteiger partial charge in [0.2, 0.25) is 10.0 Å². The van der Waals surface area contributed by atoms with Crippen molar-refractivity contribution in [3.63, 3.8) is 0 Å². The Hall–Kier alpha value is -5.00. The van der Waals surface area contributed by atoms with E-state index in [0.717, 1.165) is 65.6 Å². The van der Waals surface area contributed by atoms with Crippen LogP contribution in [0.15, 0.2) is 122 Å². The van der Waals surface area contributed by atoms with Crippen molar-refractivity contribution in [2.75, 3.05) is 0 Å². The molecule has 0 N–H and O–H groups in total. The van der Waals surface area contributed by atoms with Gasteiger partial charge in [-0.25, -0.2) is 13.2 Å². The molecule has 0 spiro atoms. The number of pyridine rings is 1. The summed E-state index contributed by atoms with van der Waals surface area (Å²) in [5, 5.41) is 0. The Bertz CT molecular complexity index is 2150. The molecule has 1 amide bonds. The maximum atomic E-state index is 14.0. The topological polar surface area (TPSA) is 79.8 Å². The minimum Gasteiger partial charge on any atom is -0.444 e. The van der Waals surface area contributed by atoms with Crippen molar-refractivity contribution in [1.82, 2.24) is 14.2 Å². The van der Waals surface area contributed by atoms with E-state index in [-0.39, 0.29) is 31.0 Å². The Morgan fingerprint density at radius 2 is 1.16 bits per heavy atom. The first-order valence-corrected chi connectivity index (χ1v) is 20.6. The fourth-order valence-electron chi connectivity index (χ4n) is 6.96. The van der Waals surface area contributed by atoms with Crippen molar-refractivity contribution in [3.05, 3.63) is 149 Å². The molecule has 1 aromatic heterocycles. The number of amides is 1. The van der Waals surface area contributed by atoms with Crippen molar-refractivity contribution in [1.29, 1.82) is 0 Å². The van der Waals surface area contributed by atoms with Crippen molar-refractivity contribution in [2.45, 2.75) is 96.1 Å². The first kappa shape index (κ1) is 40.7. The van der Waals surface area contributed by atoms with E-state index in [2.05, 4.69) is 4.98 Å². The Kier molecular flexibility index (Phi) is 12.7. The highest BCUT2D eigenvalue weighted by molar-refractivity contribution is 7.88. The van der Waals surface area contributed by atoms with E-state index in [4.69, 9.17) is 4.74 Å². The van der Waals surface area contributed by atoms with Crippen LogP contribution in [-0.2, 0) is 46.3 Å². The molecule has 0 unspecified atom stereocenters. The van der Waals surface area contributed by atoms with Gasteiger partial charge in [0.15, 0.2) is 0 Å². The molecule has 0 atom stereocenters. The Morgan fingerprint density at radius 1 is 0.679 bits per heavy atom. The maximum Gasteiger partial charge on any atom is 0.416 e.